The molecule has 59 heavy (non-hydrogen) atoms. The van der Waals surface area contributed by atoms with Crippen LogP contribution in [0.5, 0.6) is 0 Å². The second-order valence-corrected chi connectivity index (χ2v) is 16.8. The van der Waals surface area contributed by atoms with Gasteiger partial charge in [-0.15, -0.1) is 0 Å². The number of ether oxygens (including phenoxy) is 2. The number of carbonyl (C=O) groups excluding carboxylic acids is 2. The number of phosphoric ester groups is 1. The van der Waals surface area contributed by atoms with Crippen molar-refractivity contribution in [3.8, 4) is 0 Å². The maximum Gasteiger partial charge on any atom is 0.469 e. The second-order valence-electron chi connectivity index (χ2n) is 15.6. The zero-order chi connectivity index (χ0) is 43.7. The zero-order valence-corrected chi connectivity index (χ0v) is 37.6. The fraction of sp³-hybridized carbons (Fsp3) is 0.745. The quantitative estimate of drug-likeness (QED) is 0.0130. The predicted octanol–water partition coefficient (Wildman–Crippen LogP) is 11.0. The molecule has 0 fully saturated rings. The maximum absolute atomic E-state index is 12.5. The van der Waals surface area contributed by atoms with Gasteiger partial charge in [-0.3, -0.25) is 14.1 Å². The van der Waals surface area contributed by atoms with Gasteiger partial charge in [-0.2, -0.15) is 0 Å². The Balaban J connectivity index is 4.16. The number of unbranched alkanes of at least 4 members (excludes halogenated alkanes) is 19. The smallest absolute Gasteiger partial charge is 0.462 e. The summed E-state index contributed by atoms with van der Waals surface area (Å²) in [7, 11) is -4.86. The lowest BCUT2D eigenvalue weighted by Crippen LogP contribution is -2.29. The lowest BCUT2D eigenvalue weighted by molar-refractivity contribution is -0.161. The summed E-state index contributed by atoms with van der Waals surface area (Å²) in [4.78, 5) is 43.0. The van der Waals surface area contributed by atoms with Gasteiger partial charge in [-0.25, -0.2) is 4.57 Å². The van der Waals surface area contributed by atoms with Crippen molar-refractivity contribution < 1.29 is 53.3 Å². The number of aliphatic hydroxyl groups excluding tert-OH is 3. The second kappa shape index (κ2) is 41.0. The van der Waals surface area contributed by atoms with E-state index in [9.17, 15) is 29.5 Å². The first-order valence-electron chi connectivity index (χ1n) is 22.9. The van der Waals surface area contributed by atoms with Gasteiger partial charge in [-0.05, 0) is 51.4 Å². The molecule has 5 N–H and O–H groups in total. The van der Waals surface area contributed by atoms with E-state index in [2.05, 4.69) is 30.5 Å². The summed E-state index contributed by atoms with van der Waals surface area (Å²) in [6.07, 6.45) is 41.7. The molecule has 0 unspecified atom stereocenters. The van der Waals surface area contributed by atoms with Gasteiger partial charge in [0.25, 0.3) is 0 Å². The lowest BCUT2D eigenvalue weighted by atomic mass is 10.0. The summed E-state index contributed by atoms with van der Waals surface area (Å²) in [6.45, 7) is 3.30. The highest BCUT2D eigenvalue weighted by molar-refractivity contribution is 7.46. The Hall–Kier alpha value is -2.37. The molecule has 0 saturated carbocycles. The molecule has 0 rings (SSSR count). The van der Waals surface area contributed by atoms with Gasteiger partial charge in [0, 0.05) is 12.8 Å². The molecule has 0 bridgehead atoms. The van der Waals surface area contributed by atoms with E-state index in [1.807, 2.05) is 0 Å². The van der Waals surface area contributed by atoms with Crippen molar-refractivity contribution in [1.82, 2.24) is 0 Å². The van der Waals surface area contributed by atoms with E-state index in [1.54, 1.807) is 42.5 Å². The van der Waals surface area contributed by atoms with Crippen LogP contribution in [0.2, 0.25) is 0 Å². The van der Waals surface area contributed by atoms with E-state index in [-0.39, 0.29) is 25.7 Å². The van der Waals surface area contributed by atoms with Crippen LogP contribution in [0.15, 0.2) is 60.8 Å². The molecule has 0 spiro atoms. The zero-order valence-electron chi connectivity index (χ0n) is 36.7. The topological polar surface area (TPSA) is 180 Å². The summed E-state index contributed by atoms with van der Waals surface area (Å²) < 4.78 is 26.2. The van der Waals surface area contributed by atoms with Crippen LogP contribution in [0, 0.1) is 0 Å². The lowest BCUT2D eigenvalue weighted by Gasteiger charge is -2.19. The molecule has 0 aromatic rings. The average Bonchev–Trinajstić information content (AvgIpc) is 3.20. The molecular weight excluding hydrogens is 771 g/mol. The van der Waals surface area contributed by atoms with Gasteiger partial charge in [0.2, 0.25) is 0 Å². The molecule has 0 aromatic heterocycles. The normalized spacial score (nSPS) is 14.6. The number of hydrogen-bond donors (Lipinski definition) is 5. The number of allylic oxidation sites excluding steroid dienone is 8. The van der Waals surface area contributed by atoms with Crippen molar-refractivity contribution in [2.75, 3.05) is 13.2 Å². The van der Waals surface area contributed by atoms with E-state index in [0.717, 1.165) is 44.9 Å². The average molecular weight is 855 g/mol. The number of phosphoric acid groups is 1. The fourth-order valence-electron chi connectivity index (χ4n) is 6.28. The molecule has 342 valence electrons. The molecule has 0 amide bonds. The first kappa shape index (κ1) is 56.6. The third-order valence-corrected chi connectivity index (χ3v) is 10.4. The van der Waals surface area contributed by atoms with Crippen LogP contribution in [0.25, 0.3) is 0 Å². The highest BCUT2D eigenvalue weighted by Gasteiger charge is 2.23. The third kappa shape index (κ3) is 42.1. The van der Waals surface area contributed by atoms with Crippen LogP contribution in [0.3, 0.4) is 0 Å². The molecule has 0 aliphatic carbocycles. The first-order valence-corrected chi connectivity index (χ1v) is 24.4. The minimum atomic E-state index is -4.86. The number of hydrogen-bond acceptors (Lipinski definition) is 9. The minimum absolute atomic E-state index is 0.0892. The van der Waals surface area contributed by atoms with Crippen LogP contribution in [-0.4, -0.2) is 74.7 Å². The molecule has 0 aliphatic rings. The SMILES string of the molecule is CCCCCCCC/C=C\CCCCCCCCCCCCCC(=O)OC[C@H](COP(=O)(O)O)OC(=O)CCC[C@H](O)[C@@H](O)/C=C/C=C/C=C\C=C\[C@@H](O)CCCCC. The molecule has 0 radical (unpaired) electrons. The van der Waals surface area contributed by atoms with Gasteiger partial charge < -0.3 is 34.6 Å². The van der Waals surface area contributed by atoms with Crippen LogP contribution in [0.1, 0.15) is 187 Å². The van der Waals surface area contributed by atoms with Gasteiger partial charge in [-0.1, -0.05) is 184 Å². The molecule has 0 heterocycles. The van der Waals surface area contributed by atoms with E-state index < -0.39 is 57.4 Å². The van der Waals surface area contributed by atoms with Gasteiger partial charge in [0.15, 0.2) is 6.10 Å². The highest BCUT2D eigenvalue weighted by Crippen LogP contribution is 2.36. The van der Waals surface area contributed by atoms with E-state index >= 15 is 0 Å². The van der Waals surface area contributed by atoms with Crippen molar-refractivity contribution in [1.29, 1.82) is 0 Å². The first-order chi connectivity index (χ1) is 28.5. The fourth-order valence-corrected chi connectivity index (χ4v) is 6.64. The number of esters is 2. The molecule has 11 nitrogen and oxygen atoms in total. The summed E-state index contributed by atoms with van der Waals surface area (Å²) in [5.41, 5.74) is 0. The predicted molar refractivity (Wildman–Crippen MR) is 239 cm³/mol. The Morgan fingerprint density at radius 1 is 0.542 bits per heavy atom. The minimum Gasteiger partial charge on any atom is -0.462 e. The van der Waals surface area contributed by atoms with Gasteiger partial charge in [0.05, 0.1) is 24.9 Å². The largest absolute Gasteiger partial charge is 0.469 e. The van der Waals surface area contributed by atoms with Crippen molar-refractivity contribution in [3.63, 3.8) is 0 Å². The molecular formula is C47H83O11P. The monoisotopic (exact) mass is 855 g/mol. The summed E-state index contributed by atoms with van der Waals surface area (Å²) in [5, 5.41) is 30.4. The Morgan fingerprint density at radius 2 is 1.02 bits per heavy atom. The Kier molecular flexibility index (Phi) is 39.4. The Morgan fingerprint density at radius 3 is 1.58 bits per heavy atom. The Labute approximate surface area is 357 Å². The molecule has 12 heteroatoms. The Bertz CT molecular complexity index is 1190. The van der Waals surface area contributed by atoms with Crippen molar-refractivity contribution in [2.24, 2.45) is 0 Å². The van der Waals surface area contributed by atoms with Crippen molar-refractivity contribution in [3.05, 3.63) is 60.8 Å². The van der Waals surface area contributed by atoms with Gasteiger partial charge >= 0.3 is 19.8 Å². The van der Waals surface area contributed by atoms with Crippen LogP contribution < -0.4 is 0 Å². The molecule has 0 aromatic carbocycles. The van der Waals surface area contributed by atoms with Crippen LogP contribution >= 0.6 is 7.82 Å². The standard InChI is InChI=1S/C47H83O11P/c1-3-5-7-8-9-10-11-12-13-14-15-16-17-18-19-20-21-22-23-28-32-38-46(51)56-40-43(41-57-59(53,54)55)58-47(52)39-33-37-45(50)44(49)36-31-27-25-24-26-30-35-42(48)34-29-6-4-2/h12-13,24-27,30-31,35-36,42-45,48-50H,3-11,14-23,28-29,32-34,37-41H2,1-2H3,(H2,53,54,55)/b13-12-,26-24-,27-25+,35-30+,36-31+/t42-,43+,44-,45-/m0/s1. The van der Waals surface area contributed by atoms with Crippen LogP contribution in [-0.2, 0) is 28.2 Å². The van der Waals surface area contributed by atoms with Gasteiger partial charge in [0.1, 0.15) is 6.61 Å². The summed E-state index contributed by atoms with van der Waals surface area (Å²) in [6, 6.07) is 0. The summed E-state index contributed by atoms with van der Waals surface area (Å²) in [5.74, 6) is -1.21. The number of carbonyl (C=O) groups is 2. The number of rotatable bonds is 41. The van der Waals surface area contributed by atoms with E-state index in [4.69, 9.17) is 19.3 Å². The molecule has 0 saturated heterocycles. The van der Waals surface area contributed by atoms with E-state index in [0.29, 0.717) is 6.42 Å². The number of aliphatic hydroxyl groups is 3. The van der Waals surface area contributed by atoms with Crippen LogP contribution in [0.4, 0.5) is 0 Å². The maximum atomic E-state index is 12.5. The van der Waals surface area contributed by atoms with Crippen molar-refractivity contribution >= 4 is 19.8 Å². The van der Waals surface area contributed by atoms with Crippen molar-refractivity contribution in [2.45, 2.75) is 212 Å². The molecule has 0 aliphatic heterocycles. The van der Waals surface area contributed by atoms with E-state index in [1.165, 1.54) is 102 Å². The molecule has 4 atom stereocenters. The third-order valence-electron chi connectivity index (χ3n) is 9.88. The summed E-state index contributed by atoms with van der Waals surface area (Å²) >= 11 is 0. The highest BCUT2D eigenvalue weighted by atomic mass is 31.2.